The van der Waals surface area contributed by atoms with E-state index in [0.29, 0.717) is 23.6 Å². The van der Waals surface area contributed by atoms with Crippen molar-refractivity contribution in [1.29, 1.82) is 0 Å². The molecule has 1 amide bonds. The molecule has 5 nitrogen and oxygen atoms in total. The third kappa shape index (κ3) is 3.61. The van der Waals surface area contributed by atoms with Gasteiger partial charge < -0.3 is 21.1 Å². The second-order valence-electron chi connectivity index (χ2n) is 4.84. The van der Waals surface area contributed by atoms with Gasteiger partial charge in [0.2, 0.25) is 0 Å². The quantitative estimate of drug-likeness (QED) is 0.597. The molecule has 1 aliphatic rings. The lowest BCUT2D eigenvalue weighted by Gasteiger charge is -2.16. The monoisotopic (exact) mass is 263 g/mol. The number of amides is 1. The number of nitrogens with two attached hydrogens (primary N) is 2. The van der Waals surface area contributed by atoms with Crippen LogP contribution in [0.3, 0.4) is 0 Å². The Kier molecular flexibility index (Phi) is 4.63. The molecule has 1 saturated heterocycles. The van der Waals surface area contributed by atoms with E-state index in [0.717, 1.165) is 13.0 Å². The lowest BCUT2D eigenvalue weighted by Crippen LogP contribution is -2.22. The van der Waals surface area contributed by atoms with Gasteiger partial charge in [-0.05, 0) is 44.5 Å². The zero-order valence-electron chi connectivity index (χ0n) is 11.1. The van der Waals surface area contributed by atoms with Gasteiger partial charge >= 0.3 is 0 Å². The van der Waals surface area contributed by atoms with Crippen LogP contribution in [-0.2, 0) is 0 Å². The van der Waals surface area contributed by atoms with Crippen molar-refractivity contribution in [3.8, 4) is 5.75 Å². The maximum Gasteiger partial charge on any atom is 0.252 e. The van der Waals surface area contributed by atoms with Gasteiger partial charge in [0.25, 0.3) is 5.91 Å². The molecule has 0 saturated carbocycles. The first-order chi connectivity index (χ1) is 9.18. The average molecular weight is 263 g/mol. The molecule has 1 aliphatic heterocycles. The average Bonchev–Trinajstić information content (AvgIpc) is 2.88. The number of anilines is 1. The molecule has 1 fully saturated rings. The summed E-state index contributed by atoms with van der Waals surface area (Å²) in [5, 5.41) is 0. The Morgan fingerprint density at radius 2 is 2.05 bits per heavy atom. The van der Waals surface area contributed by atoms with Crippen molar-refractivity contribution >= 4 is 11.6 Å². The predicted molar refractivity (Wildman–Crippen MR) is 75.2 cm³/mol. The van der Waals surface area contributed by atoms with E-state index in [2.05, 4.69) is 4.90 Å². The van der Waals surface area contributed by atoms with E-state index in [1.165, 1.54) is 25.9 Å². The molecule has 104 valence electrons. The Hall–Kier alpha value is -1.75. The van der Waals surface area contributed by atoms with Crippen molar-refractivity contribution in [2.45, 2.75) is 19.3 Å². The number of carbonyl (C=O) groups is 1. The van der Waals surface area contributed by atoms with Crippen molar-refractivity contribution in [3.63, 3.8) is 0 Å². The van der Waals surface area contributed by atoms with E-state index in [9.17, 15) is 4.79 Å². The first-order valence-corrected chi connectivity index (χ1v) is 6.72. The van der Waals surface area contributed by atoms with Gasteiger partial charge in [0.05, 0.1) is 17.9 Å². The molecule has 0 atom stereocenters. The van der Waals surface area contributed by atoms with Gasteiger partial charge in [0.15, 0.2) is 5.75 Å². The number of carbonyl (C=O) groups excluding carboxylic acids is 1. The van der Waals surface area contributed by atoms with E-state index in [4.69, 9.17) is 16.2 Å². The molecule has 4 N–H and O–H groups in total. The van der Waals surface area contributed by atoms with Gasteiger partial charge in [-0.15, -0.1) is 0 Å². The molecule has 1 aromatic carbocycles. The van der Waals surface area contributed by atoms with Gasteiger partial charge in [0.1, 0.15) is 0 Å². The van der Waals surface area contributed by atoms with Gasteiger partial charge in [-0.2, -0.15) is 0 Å². The minimum Gasteiger partial charge on any atom is -0.491 e. The fourth-order valence-corrected chi connectivity index (χ4v) is 2.38. The number of hydrogen-bond acceptors (Lipinski definition) is 4. The number of nitrogen functional groups attached to an aromatic ring is 1. The summed E-state index contributed by atoms with van der Waals surface area (Å²) in [6, 6.07) is 5.04. The Morgan fingerprint density at radius 1 is 1.32 bits per heavy atom. The predicted octanol–water partition coefficient (Wildman–Crippen LogP) is 1.23. The molecule has 19 heavy (non-hydrogen) atoms. The zero-order valence-corrected chi connectivity index (χ0v) is 11.1. The third-order valence-electron chi connectivity index (χ3n) is 3.37. The summed E-state index contributed by atoms with van der Waals surface area (Å²) in [6.45, 7) is 3.93. The third-order valence-corrected chi connectivity index (χ3v) is 3.37. The standard InChI is InChI=1S/C14H21N3O2/c15-12-6-3-5-11(14(16)18)13(12)19-10-4-9-17-7-1-2-8-17/h3,5-6H,1-2,4,7-10,15H2,(H2,16,18). The molecular weight excluding hydrogens is 242 g/mol. The van der Waals surface area contributed by atoms with Crippen LogP contribution in [0.25, 0.3) is 0 Å². The lowest BCUT2D eigenvalue weighted by atomic mass is 10.1. The van der Waals surface area contributed by atoms with Gasteiger partial charge in [-0.3, -0.25) is 4.79 Å². The molecule has 0 bridgehead atoms. The fourth-order valence-electron chi connectivity index (χ4n) is 2.38. The number of nitrogens with zero attached hydrogens (tertiary/aromatic N) is 1. The second-order valence-corrected chi connectivity index (χ2v) is 4.84. The van der Waals surface area contributed by atoms with Gasteiger partial charge in [-0.1, -0.05) is 6.07 Å². The molecule has 0 radical (unpaired) electrons. The maximum absolute atomic E-state index is 11.3. The van der Waals surface area contributed by atoms with Crippen LogP contribution >= 0.6 is 0 Å². The van der Waals surface area contributed by atoms with Crippen molar-refractivity contribution < 1.29 is 9.53 Å². The summed E-state index contributed by atoms with van der Waals surface area (Å²) in [4.78, 5) is 13.7. The van der Waals surface area contributed by atoms with Crippen LogP contribution in [0.1, 0.15) is 29.6 Å². The van der Waals surface area contributed by atoms with Crippen LogP contribution in [0.15, 0.2) is 18.2 Å². The molecule has 2 rings (SSSR count). The first-order valence-electron chi connectivity index (χ1n) is 6.72. The van der Waals surface area contributed by atoms with Crippen molar-refractivity contribution in [2.75, 3.05) is 32.0 Å². The summed E-state index contributed by atoms with van der Waals surface area (Å²) < 4.78 is 5.64. The zero-order chi connectivity index (χ0) is 13.7. The Bertz CT molecular complexity index is 442. The smallest absolute Gasteiger partial charge is 0.252 e. The number of rotatable bonds is 6. The molecule has 1 heterocycles. The van der Waals surface area contributed by atoms with E-state index >= 15 is 0 Å². The second kappa shape index (κ2) is 6.43. The molecule has 0 aliphatic carbocycles. The van der Waals surface area contributed by atoms with Crippen molar-refractivity contribution in [2.24, 2.45) is 5.73 Å². The SMILES string of the molecule is NC(=O)c1cccc(N)c1OCCCN1CCCC1. The number of primary amides is 1. The minimum atomic E-state index is -0.512. The summed E-state index contributed by atoms with van der Waals surface area (Å²) >= 11 is 0. The maximum atomic E-state index is 11.3. The summed E-state index contributed by atoms with van der Waals surface area (Å²) in [6.07, 6.45) is 3.50. The topological polar surface area (TPSA) is 81.6 Å². The number of benzene rings is 1. The van der Waals surface area contributed by atoms with Crippen LogP contribution in [0.2, 0.25) is 0 Å². The van der Waals surface area contributed by atoms with Crippen LogP contribution < -0.4 is 16.2 Å². The number of para-hydroxylation sites is 1. The molecular formula is C14H21N3O2. The first kappa shape index (κ1) is 13.7. The van der Waals surface area contributed by atoms with Gasteiger partial charge in [0, 0.05) is 6.54 Å². The normalized spacial score (nSPS) is 15.6. The highest BCUT2D eigenvalue weighted by Gasteiger charge is 2.13. The van der Waals surface area contributed by atoms with E-state index < -0.39 is 5.91 Å². The van der Waals surface area contributed by atoms with Crippen LogP contribution in [-0.4, -0.2) is 37.0 Å². The summed E-state index contributed by atoms with van der Waals surface area (Å²) in [5.41, 5.74) is 11.9. The molecule has 1 aromatic rings. The number of hydrogen-bond donors (Lipinski definition) is 2. The summed E-state index contributed by atoms with van der Waals surface area (Å²) in [7, 11) is 0. The largest absolute Gasteiger partial charge is 0.491 e. The van der Waals surface area contributed by atoms with Gasteiger partial charge in [-0.25, -0.2) is 0 Å². The van der Waals surface area contributed by atoms with E-state index in [-0.39, 0.29) is 0 Å². The van der Waals surface area contributed by atoms with Crippen LogP contribution in [0.5, 0.6) is 5.75 Å². The molecule has 0 spiro atoms. The minimum absolute atomic E-state index is 0.348. The highest BCUT2D eigenvalue weighted by Crippen LogP contribution is 2.26. The Morgan fingerprint density at radius 3 is 2.74 bits per heavy atom. The molecule has 0 unspecified atom stereocenters. The highest BCUT2D eigenvalue weighted by atomic mass is 16.5. The van der Waals surface area contributed by atoms with Crippen LogP contribution in [0, 0.1) is 0 Å². The number of likely N-dealkylation sites (tertiary alicyclic amines) is 1. The number of ether oxygens (including phenoxy) is 1. The lowest BCUT2D eigenvalue weighted by molar-refractivity contribution is 0.0996. The molecule has 0 aromatic heterocycles. The van der Waals surface area contributed by atoms with Crippen LogP contribution in [0.4, 0.5) is 5.69 Å². The summed E-state index contributed by atoms with van der Waals surface area (Å²) in [5.74, 6) is -0.0988. The Labute approximate surface area is 113 Å². The van der Waals surface area contributed by atoms with E-state index in [1.54, 1.807) is 18.2 Å². The fraction of sp³-hybridized carbons (Fsp3) is 0.500. The van der Waals surface area contributed by atoms with Crippen molar-refractivity contribution in [3.05, 3.63) is 23.8 Å². The Balaban J connectivity index is 1.86. The highest BCUT2D eigenvalue weighted by molar-refractivity contribution is 5.97. The van der Waals surface area contributed by atoms with E-state index in [1.807, 2.05) is 0 Å². The molecule has 5 heteroatoms. The van der Waals surface area contributed by atoms with Crippen molar-refractivity contribution in [1.82, 2.24) is 4.90 Å².